The Balaban J connectivity index is 2.24. The lowest BCUT2D eigenvalue weighted by molar-refractivity contribution is 0.0601. The number of anilines is 1. The summed E-state index contributed by atoms with van der Waals surface area (Å²) in [5.74, 6) is -0.321. The third-order valence-corrected chi connectivity index (χ3v) is 5.12. The van der Waals surface area contributed by atoms with E-state index in [1.807, 2.05) is 25.1 Å². The number of carbonyl (C=O) groups excluding carboxylic acids is 1. The zero-order chi connectivity index (χ0) is 14.7. The second-order valence-electron chi connectivity index (χ2n) is 4.52. The molecule has 0 aliphatic heterocycles. The average molecular weight is 354 g/mol. The van der Waals surface area contributed by atoms with E-state index >= 15 is 0 Å². The van der Waals surface area contributed by atoms with Gasteiger partial charge in [0.15, 0.2) is 0 Å². The van der Waals surface area contributed by atoms with E-state index in [2.05, 4.69) is 33.6 Å². The van der Waals surface area contributed by atoms with Crippen molar-refractivity contribution in [3.63, 3.8) is 0 Å². The zero-order valence-corrected chi connectivity index (χ0v) is 14.0. The Morgan fingerprint density at radius 1 is 1.40 bits per heavy atom. The van der Waals surface area contributed by atoms with Crippen LogP contribution in [0, 0.1) is 6.92 Å². The molecule has 1 N–H and O–H groups in total. The molecule has 5 heteroatoms. The Morgan fingerprint density at radius 2 is 2.15 bits per heavy atom. The van der Waals surface area contributed by atoms with Gasteiger partial charge in [0.25, 0.3) is 0 Å². The van der Waals surface area contributed by atoms with Crippen molar-refractivity contribution in [2.45, 2.75) is 19.9 Å². The maximum atomic E-state index is 11.6. The number of rotatable bonds is 4. The van der Waals surface area contributed by atoms with Gasteiger partial charge in [0.05, 0.1) is 18.7 Å². The highest BCUT2D eigenvalue weighted by Gasteiger charge is 2.13. The molecule has 0 aliphatic rings. The van der Waals surface area contributed by atoms with Crippen LogP contribution in [0.2, 0.25) is 0 Å². The molecule has 1 unspecified atom stereocenters. The second kappa shape index (κ2) is 6.41. The van der Waals surface area contributed by atoms with Crippen LogP contribution in [0.1, 0.15) is 33.8 Å². The van der Waals surface area contributed by atoms with Gasteiger partial charge in [-0.2, -0.15) is 0 Å². The first-order chi connectivity index (χ1) is 9.52. The minimum atomic E-state index is -0.321. The van der Waals surface area contributed by atoms with Gasteiger partial charge in [-0.05, 0) is 58.9 Å². The van der Waals surface area contributed by atoms with Crippen LogP contribution in [-0.2, 0) is 4.74 Å². The summed E-state index contributed by atoms with van der Waals surface area (Å²) in [6, 6.07) is 7.73. The number of hydrogen-bond acceptors (Lipinski definition) is 4. The summed E-state index contributed by atoms with van der Waals surface area (Å²) >= 11 is 5.24. The fraction of sp³-hybridized carbons (Fsp3) is 0.267. The van der Waals surface area contributed by atoms with Gasteiger partial charge in [0.2, 0.25) is 0 Å². The van der Waals surface area contributed by atoms with E-state index in [1.54, 1.807) is 17.4 Å². The molecule has 0 saturated heterocycles. The number of hydrogen-bond donors (Lipinski definition) is 1. The van der Waals surface area contributed by atoms with Gasteiger partial charge in [-0.3, -0.25) is 0 Å². The average Bonchev–Trinajstić information content (AvgIpc) is 2.86. The van der Waals surface area contributed by atoms with E-state index in [1.165, 1.54) is 12.0 Å². The molecular weight excluding hydrogens is 338 g/mol. The smallest absolute Gasteiger partial charge is 0.337 e. The third-order valence-electron chi connectivity index (χ3n) is 3.07. The Labute approximate surface area is 131 Å². The number of nitrogens with one attached hydrogen (secondary N) is 1. The number of benzene rings is 1. The maximum absolute atomic E-state index is 11.6. The first-order valence-electron chi connectivity index (χ1n) is 6.21. The van der Waals surface area contributed by atoms with Crippen molar-refractivity contribution in [2.24, 2.45) is 0 Å². The monoisotopic (exact) mass is 353 g/mol. The molecule has 0 aliphatic carbocycles. The number of methoxy groups -OCH3 is 1. The lowest BCUT2D eigenvalue weighted by Gasteiger charge is -2.17. The van der Waals surface area contributed by atoms with Crippen LogP contribution >= 0.6 is 27.3 Å². The van der Waals surface area contributed by atoms with E-state index in [4.69, 9.17) is 4.74 Å². The van der Waals surface area contributed by atoms with Crippen molar-refractivity contribution in [1.82, 2.24) is 0 Å². The molecule has 1 heterocycles. The highest BCUT2D eigenvalue weighted by atomic mass is 79.9. The molecule has 1 aromatic heterocycles. The largest absolute Gasteiger partial charge is 0.465 e. The molecule has 20 heavy (non-hydrogen) atoms. The molecule has 0 radical (unpaired) electrons. The van der Waals surface area contributed by atoms with E-state index in [0.717, 1.165) is 15.7 Å². The highest BCUT2D eigenvalue weighted by Crippen LogP contribution is 2.32. The van der Waals surface area contributed by atoms with E-state index < -0.39 is 0 Å². The molecule has 3 nitrogen and oxygen atoms in total. The quantitative estimate of drug-likeness (QED) is 0.803. The standard InChI is InChI=1S/C15H16BrNO2S/c1-9-4-5-11(15(18)19-3)8-13(9)17-10(2)14-12(16)6-7-20-14/h4-8,10,17H,1-3H3. The molecular formula is C15H16BrNO2S. The number of ether oxygens (including phenoxy) is 1. The van der Waals surface area contributed by atoms with Gasteiger partial charge in [0, 0.05) is 15.0 Å². The van der Waals surface area contributed by atoms with Gasteiger partial charge in [0.1, 0.15) is 0 Å². The third kappa shape index (κ3) is 3.22. The van der Waals surface area contributed by atoms with Crippen molar-refractivity contribution in [3.8, 4) is 0 Å². The van der Waals surface area contributed by atoms with Crippen LogP contribution in [0.15, 0.2) is 34.1 Å². The predicted octanol–water partition coefficient (Wildman–Crippen LogP) is 4.78. The lowest BCUT2D eigenvalue weighted by Crippen LogP contribution is -2.08. The van der Waals surface area contributed by atoms with Crippen molar-refractivity contribution in [3.05, 3.63) is 50.1 Å². The van der Waals surface area contributed by atoms with Crippen molar-refractivity contribution < 1.29 is 9.53 Å². The summed E-state index contributed by atoms with van der Waals surface area (Å²) in [4.78, 5) is 12.8. The molecule has 0 bridgehead atoms. The van der Waals surface area contributed by atoms with Crippen molar-refractivity contribution >= 4 is 38.9 Å². The fourth-order valence-electron chi connectivity index (χ4n) is 1.94. The van der Waals surface area contributed by atoms with Crippen LogP contribution in [0.25, 0.3) is 0 Å². The molecule has 0 saturated carbocycles. The van der Waals surface area contributed by atoms with E-state index in [9.17, 15) is 4.79 Å². The molecule has 0 amide bonds. The van der Waals surface area contributed by atoms with Gasteiger partial charge in [-0.1, -0.05) is 6.07 Å². The Kier molecular flexibility index (Phi) is 4.83. The zero-order valence-electron chi connectivity index (χ0n) is 11.6. The SMILES string of the molecule is COC(=O)c1ccc(C)c(NC(C)c2sccc2Br)c1. The predicted molar refractivity (Wildman–Crippen MR) is 86.6 cm³/mol. The van der Waals surface area contributed by atoms with Crippen LogP contribution in [0.4, 0.5) is 5.69 Å². The molecule has 2 aromatic rings. The molecule has 2 rings (SSSR count). The van der Waals surface area contributed by atoms with E-state index in [0.29, 0.717) is 5.56 Å². The molecule has 1 atom stereocenters. The number of esters is 1. The first-order valence-corrected chi connectivity index (χ1v) is 7.88. The summed E-state index contributed by atoms with van der Waals surface area (Å²) in [5.41, 5.74) is 2.59. The summed E-state index contributed by atoms with van der Waals surface area (Å²) in [6.07, 6.45) is 0. The van der Waals surface area contributed by atoms with Crippen LogP contribution in [0.5, 0.6) is 0 Å². The summed E-state index contributed by atoms with van der Waals surface area (Å²) in [7, 11) is 1.39. The summed E-state index contributed by atoms with van der Waals surface area (Å²) in [6.45, 7) is 4.11. The first kappa shape index (κ1) is 15.1. The Bertz CT molecular complexity index is 624. The molecule has 0 fully saturated rings. The second-order valence-corrected chi connectivity index (χ2v) is 6.32. The van der Waals surface area contributed by atoms with Gasteiger partial charge >= 0.3 is 5.97 Å². The molecule has 1 aromatic carbocycles. The van der Waals surface area contributed by atoms with E-state index in [-0.39, 0.29) is 12.0 Å². The van der Waals surface area contributed by atoms with Crippen LogP contribution < -0.4 is 5.32 Å². The summed E-state index contributed by atoms with van der Waals surface area (Å²) in [5, 5.41) is 5.50. The van der Waals surface area contributed by atoms with Gasteiger partial charge in [-0.15, -0.1) is 11.3 Å². The molecule has 0 spiro atoms. The fourth-order valence-corrected chi connectivity index (χ4v) is 3.66. The topological polar surface area (TPSA) is 38.3 Å². The van der Waals surface area contributed by atoms with Crippen LogP contribution in [0.3, 0.4) is 0 Å². The number of aryl methyl sites for hydroxylation is 1. The number of halogens is 1. The normalized spacial score (nSPS) is 12.0. The Hall–Kier alpha value is -1.33. The minimum Gasteiger partial charge on any atom is -0.465 e. The Morgan fingerprint density at radius 3 is 2.75 bits per heavy atom. The summed E-state index contributed by atoms with van der Waals surface area (Å²) < 4.78 is 5.86. The van der Waals surface area contributed by atoms with Crippen molar-refractivity contribution in [1.29, 1.82) is 0 Å². The highest BCUT2D eigenvalue weighted by molar-refractivity contribution is 9.10. The van der Waals surface area contributed by atoms with Gasteiger partial charge < -0.3 is 10.1 Å². The van der Waals surface area contributed by atoms with Gasteiger partial charge in [-0.25, -0.2) is 4.79 Å². The maximum Gasteiger partial charge on any atom is 0.337 e. The molecule has 106 valence electrons. The minimum absolute atomic E-state index is 0.163. The number of thiophene rings is 1. The van der Waals surface area contributed by atoms with Crippen LogP contribution in [-0.4, -0.2) is 13.1 Å². The lowest BCUT2D eigenvalue weighted by atomic mass is 10.1. The van der Waals surface area contributed by atoms with Crippen molar-refractivity contribution in [2.75, 3.05) is 12.4 Å². The number of carbonyl (C=O) groups is 1.